The van der Waals surface area contributed by atoms with E-state index >= 15 is 0 Å². The molecule has 7 heteroatoms. The molecule has 176 valence electrons. The Hall–Kier alpha value is -2.93. The SMILES string of the molecule is Cc1cccc(N2[C@H]3CCN(C(=O)COCC(=O)O)C[C@H]3C[C@@]2(C)Cc2cccc(F)c2)c1. The Morgan fingerprint density at radius 1 is 1.18 bits per heavy atom. The Balaban J connectivity index is 1.57. The van der Waals surface area contributed by atoms with Gasteiger partial charge in [-0.2, -0.15) is 0 Å². The predicted molar refractivity (Wildman–Crippen MR) is 124 cm³/mol. The van der Waals surface area contributed by atoms with E-state index in [2.05, 4.69) is 43.0 Å². The van der Waals surface area contributed by atoms with Crippen LogP contribution in [-0.2, 0) is 20.7 Å². The summed E-state index contributed by atoms with van der Waals surface area (Å²) in [5, 5.41) is 8.73. The smallest absolute Gasteiger partial charge is 0.329 e. The number of hydrogen-bond acceptors (Lipinski definition) is 4. The van der Waals surface area contributed by atoms with Gasteiger partial charge in [-0.25, -0.2) is 9.18 Å². The number of carboxylic acids is 1. The van der Waals surface area contributed by atoms with E-state index in [4.69, 9.17) is 9.84 Å². The van der Waals surface area contributed by atoms with Gasteiger partial charge in [0.25, 0.3) is 0 Å². The van der Waals surface area contributed by atoms with Crippen LogP contribution in [0.1, 0.15) is 30.9 Å². The van der Waals surface area contributed by atoms with Gasteiger partial charge in [0.05, 0.1) is 0 Å². The van der Waals surface area contributed by atoms with Crippen LogP contribution in [0.5, 0.6) is 0 Å². The molecule has 0 radical (unpaired) electrons. The Morgan fingerprint density at radius 3 is 2.70 bits per heavy atom. The first-order valence-electron chi connectivity index (χ1n) is 11.4. The number of halogens is 1. The first-order chi connectivity index (χ1) is 15.7. The van der Waals surface area contributed by atoms with Crippen LogP contribution in [0.3, 0.4) is 0 Å². The van der Waals surface area contributed by atoms with E-state index in [9.17, 15) is 14.0 Å². The minimum Gasteiger partial charge on any atom is -0.480 e. The standard InChI is InChI=1S/C26H31FN2O4/c1-18-5-3-8-22(11-18)29-23-9-10-28(24(30)16-33-17-25(31)32)15-20(23)14-26(29,2)13-19-6-4-7-21(27)12-19/h3-8,11-12,20,23H,9-10,13-17H2,1-2H3,(H,31,32)/t20-,23+,26-/m1/s1. The molecule has 1 N–H and O–H groups in total. The van der Waals surface area contributed by atoms with Gasteiger partial charge < -0.3 is 19.6 Å². The average Bonchev–Trinajstić information content (AvgIpc) is 3.03. The van der Waals surface area contributed by atoms with Crippen molar-refractivity contribution in [3.8, 4) is 0 Å². The van der Waals surface area contributed by atoms with Gasteiger partial charge in [0.2, 0.25) is 5.91 Å². The van der Waals surface area contributed by atoms with Gasteiger partial charge in [-0.3, -0.25) is 4.79 Å². The molecule has 0 bridgehead atoms. The van der Waals surface area contributed by atoms with Gasteiger partial charge in [-0.15, -0.1) is 0 Å². The summed E-state index contributed by atoms with van der Waals surface area (Å²) in [6.07, 6.45) is 2.41. The van der Waals surface area contributed by atoms with E-state index in [1.54, 1.807) is 17.0 Å². The fourth-order valence-electron chi connectivity index (χ4n) is 5.69. The number of aryl methyl sites for hydroxylation is 1. The van der Waals surface area contributed by atoms with Gasteiger partial charge in [0, 0.05) is 30.4 Å². The Morgan fingerprint density at radius 2 is 1.97 bits per heavy atom. The van der Waals surface area contributed by atoms with Crippen molar-refractivity contribution < 1.29 is 23.8 Å². The van der Waals surface area contributed by atoms with Gasteiger partial charge in [-0.05, 0) is 74.4 Å². The zero-order valence-electron chi connectivity index (χ0n) is 19.2. The summed E-state index contributed by atoms with van der Waals surface area (Å²) in [5.41, 5.74) is 3.08. The van der Waals surface area contributed by atoms with Crippen LogP contribution in [0.2, 0.25) is 0 Å². The highest BCUT2D eigenvalue weighted by atomic mass is 19.1. The lowest BCUT2D eigenvalue weighted by Gasteiger charge is -2.43. The van der Waals surface area contributed by atoms with E-state index in [-0.39, 0.29) is 35.8 Å². The maximum atomic E-state index is 13.9. The summed E-state index contributed by atoms with van der Waals surface area (Å²) in [6, 6.07) is 15.6. The minimum absolute atomic E-state index is 0.171. The second-order valence-corrected chi connectivity index (χ2v) is 9.56. The third-order valence-corrected chi connectivity index (χ3v) is 6.87. The van der Waals surface area contributed by atoms with Crippen LogP contribution in [-0.4, -0.2) is 59.8 Å². The highest BCUT2D eigenvalue weighted by Gasteiger charge is 2.50. The molecule has 0 saturated carbocycles. The summed E-state index contributed by atoms with van der Waals surface area (Å²) in [4.78, 5) is 27.6. The number of rotatable bonds is 7. The maximum absolute atomic E-state index is 13.9. The largest absolute Gasteiger partial charge is 0.480 e. The van der Waals surface area contributed by atoms with Crippen molar-refractivity contribution in [3.05, 3.63) is 65.5 Å². The number of carbonyl (C=O) groups excluding carboxylic acids is 1. The second-order valence-electron chi connectivity index (χ2n) is 9.56. The molecule has 2 aliphatic rings. The van der Waals surface area contributed by atoms with Crippen molar-refractivity contribution >= 4 is 17.6 Å². The number of carboxylic acid groups (broad SMARTS) is 1. The Labute approximate surface area is 194 Å². The monoisotopic (exact) mass is 454 g/mol. The van der Waals surface area contributed by atoms with E-state index in [1.807, 2.05) is 6.07 Å². The minimum atomic E-state index is -1.08. The van der Waals surface area contributed by atoms with Crippen LogP contribution in [0, 0.1) is 18.7 Å². The molecule has 33 heavy (non-hydrogen) atoms. The number of amides is 1. The molecule has 1 amide bonds. The second kappa shape index (κ2) is 9.51. The quantitative estimate of drug-likeness (QED) is 0.692. The van der Waals surface area contributed by atoms with Crippen molar-refractivity contribution in [3.63, 3.8) is 0 Å². The van der Waals surface area contributed by atoms with Crippen molar-refractivity contribution in [2.45, 2.75) is 44.7 Å². The van der Waals surface area contributed by atoms with Crippen LogP contribution in [0.4, 0.5) is 10.1 Å². The van der Waals surface area contributed by atoms with E-state index in [0.717, 1.165) is 24.1 Å². The van der Waals surface area contributed by atoms with Crippen molar-refractivity contribution in [2.75, 3.05) is 31.2 Å². The van der Waals surface area contributed by atoms with Crippen LogP contribution in [0.15, 0.2) is 48.5 Å². The summed E-state index contributed by atoms with van der Waals surface area (Å²) in [5.74, 6) is -1.22. The van der Waals surface area contributed by atoms with E-state index in [1.165, 1.54) is 11.6 Å². The van der Waals surface area contributed by atoms with Gasteiger partial charge >= 0.3 is 5.97 Å². The lowest BCUT2D eigenvalue weighted by Crippen LogP contribution is -2.52. The van der Waals surface area contributed by atoms with Crippen molar-refractivity contribution in [1.82, 2.24) is 4.90 Å². The van der Waals surface area contributed by atoms with Gasteiger partial charge in [0.15, 0.2) is 0 Å². The normalized spacial score (nSPS) is 24.6. The fraction of sp³-hybridized carbons (Fsp3) is 0.462. The van der Waals surface area contributed by atoms with Crippen molar-refractivity contribution in [1.29, 1.82) is 0 Å². The lowest BCUT2D eigenvalue weighted by atomic mass is 9.85. The average molecular weight is 455 g/mol. The molecular formula is C26H31FN2O4. The topological polar surface area (TPSA) is 70.1 Å². The number of anilines is 1. The number of nitrogens with zero attached hydrogens (tertiary/aromatic N) is 2. The van der Waals surface area contributed by atoms with Crippen LogP contribution in [0.25, 0.3) is 0 Å². The first kappa shape index (κ1) is 23.2. The number of aliphatic carboxylic acids is 1. The molecule has 2 aromatic carbocycles. The highest BCUT2D eigenvalue weighted by molar-refractivity contribution is 5.78. The van der Waals surface area contributed by atoms with Crippen LogP contribution < -0.4 is 4.90 Å². The molecule has 2 aliphatic heterocycles. The molecule has 2 heterocycles. The third kappa shape index (κ3) is 5.19. The molecule has 0 aromatic heterocycles. The molecule has 4 rings (SSSR count). The number of benzene rings is 2. The lowest BCUT2D eigenvalue weighted by molar-refractivity contribution is -0.146. The first-order valence-corrected chi connectivity index (χ1v) is 11.4. The maximum Gasteiger partial charge on any atom is 0.329 e. The van der Waals surface area contributed by atoms with E-state index < -0.39 is 12.6 Å². The molecule has 2 aromatic rings. The third-order valence-electron chi connectivity index (χ3n) is 6.87. The summed E-state index contributed by atoms with van der Waals surface area (Å²) < 4.78 is 18.9. The molecular weight excluding hydrogens is 423 g/mol. The summed E-state index contributed by atoms with van der Waals surface area (Å²) >= 11 is 0. The zero-order chi connectivity index (χ0) is 23.6. The van der Waals surface area contributed by atoms with Gasteiger partial charge in [-0.1, -0.05) is 24.3 Å². The molecule has 6 nitrogen and oxygen atoms in total. The zero-order valence-corrected chi connectivity index (χ0v) is 19.2. The molecule has 2 saturated heterocycles. The molecule has 2 fully saturated rings. The highest BCUT2D eigenvalue weighted by Crippen LogP contribution is 2.46. The molecule has 0 aliphatic carbocycles. The molecule has 3 atom stereocenters. The summed E-state index contributed by atoms with van der Waals surface area (Å²) in [7, 11) is 0. The number of likely N-dealkylation sites (tertiary alicyclic amines) is 1. The van der Waals surface area contributed by atoms with Gasteiger partial charge in [0.1, 0.15) is 19.0 Å². The number of ether oxygens (including phenoxy) is 1. The molecule has 0 spiro atoms. The number of hydrogen-bond donors (Lipinski definition) is 1. The number of fused-ring (bicyclic) bond motifs is 1. The van der Waals surface area contributed by atoms with Crippen LogP contribution >= 0.6 is 0 Å². The predicted octanol–water partition coefficient (Wildman–Crippen LogP) is 3.66. The Kier molecular flexibility index (Phi) is 6.70. The summed E-state index contributed by atoms with van der Waals surface area (Å²) in [6.45, 7) is 4.85. The fourth-order valence-corrected chi connectivity index (χ4v) is 5.69. The Bertz CT molecular complexity index is 1030. The molecule has 0 unspecified atom stereocenters. The number of carbonyl (C=O) groups is 2. The van der Waals surface area contributed by atoms with Crippen molar-refractivity contribution in [2.24, 2.45) is 5.92 Å². The number of piperidine rings is 1. The van der Waals surface area contributed by atoms with E-state index in [0.29, 0.717) is 19.5 Å².